The van der Waals surface area contributed by atoms with Gasteiger partial charge in [0.05, 0.1) is 0 Å². The van der Waals surface area contributed by atoms with Crippen molar-refractivity contribution < 1.29 is 9.90 Å². The number of hydrogen-bond acceptors (Lipinski definition) is 2. The van der Waals surface area contributed by atoms with Crippen molar-refractivity contribution in [2.75, 3.05) is 0 Å². The van der Waals surface area contributed by atoms with Crippen molar-refractivity contribution in [1.82, 2.24) is 0 Å². The van der Waals surface area contributed by atoms with E-state index in [4.69, 9.17) is 0 Å². The molecular formula is CClO2Rf. The van der Waals surface area contributed by atoms with E-state index in [0.29, 0.717) is 0 Å². The van der Waals surface area contributed by atoms with E-state index >= 15 is 0 Å². The molecule has 0 aromatic rings. The molecule has 0 saturated carbocycles. The van der Waals surface area contributed by atoms with Gasteiger partial charge in [-0.3, -0.25) is 0 Å². The summed E-state index contributed by atoms with van der Waals surface area (Å²) in [7, 11) is 0. The van der Waals surface area contributed by atoms with Crippen LogP contribution in [0.4, 0.5) is 4.79 Å². The van der Waals surface area contributed by atoms with Crippen molar-refractivity contribution in [2.45, 2.75) is 0 Å². The Morgan fingerprint density at radius 3 is 2.20 bits per heavy atom. The third kappa shape index (κ3) is 2.76. The van der Waals surface area contributed by atoms with Crippen LogP contribution >= 0.6 is 11.6 Å². The molecule has 25 valence electrons. The van der Waals surface area contributed by atoms with E-state index in [-0.39, 0.29) is 0 Å². The normalized spacial score (nSPS) is 7.00. The van der Waals surface area contributed by atoms with Gasteiger partial charge in [-0.2, -0.15) is 0 Å². The number of carbonyl (C=O) groups excluding carboxylic acids is 1. The molecule has 0 fully saturated rings. The maximum absolute atomic E-state index is 9.41. The SMILES string of the molecule is O=C(Cl)[O][Rf]. The first-order chi connectivity index (χ1) is 2.27. The molecule has 5 heavy (non-hydrogen) atoms. The van der Waals surface area contributed by atoms with Crippen LogP contribution in [0.15, 0.2) is 0 Å². The summed E-state index contributed by atoms with van der Waals surface area (Å²) in [5, 5.41) is 4.09. The third-order valence-electron chi connectivity index (χ3n) is 0.113. The van der Waals surface area contributed by atoms with Crippen LogP contribution in [0.2, 0.25) is 0 Å². The molecule has 0 radical (unpaired) electrons. The zero-order valence-corrected chi connectivity index (χ0v) is 9.56. The van der Waals surface area contributed by atoms with Crippen LogP contribution in [0, 0.1) is 0 Å². The van der Waals surface area contributed by atoms with E-state index in [1.165, 1.54) is 0 Å². The van der Waals surface area contributed by atoms with Gasteiger partial charge in [0.25, 0.3) is 0 Å². The summed E-state index contributed by atoms with van der Waals surface area (Å²) in [6.45, 7) is 0. The fourth-order valence-corrected chi connectivity index (χ4v) is 0. The van der Waals surface area contributed by atoms with Crippen molar-refractivity contribution in [3.63, 3.8) is 0 Å². The van der Waals surface area contributed by atoms with Crippen LogP contribution in [0.25, 0.3) is 0 Å². The predicted octanol–water partition coefficient (Wildman–Crippen LogP) is 0.826. The summed E-state index contributed by atoms with van der Waals surface area (Å²) in [6, 6.07) is 0. The van der Waals surface area contributed by atoms with E-state index in [9.17, 15) is 4.79 Å². The average molecular weight is 346 g/mol. The molecule has 0 amide bonds. The van der Waals surface area contributed by atoms with Crippen molar-refractivity contribution in [3.8, 4) is 0 Å². The van der Waals surface area contributed by atoms with Gasteiger partial charge in [-0.1, -0.05) is 0 Å². The molecule has 0 aliphatic carbocycles. The van der Waals surface area contributed by atoms with Gasteiger partial charge in [0, 0.05) is 0 Å². The standard InChI is InChI=1S/CHClO2.Rf/c2-1(3)4;/h(H,3,4);/q;+1/p-1. The van der Waals surface area contributed by atoms with Crippen molar-refractivity contribution in [1.29, 1.82) is 0 Å². The number of carbonyl (C=O) groups is 1. The van der Waals surface area contributed by atoms with Crippen LogP contribution in [-0.2, 0) is 5.11 Å². The average Bonchev–Trinajstić information content (AvgIpc) is 1.38. The van der Waals surface area contributed by atoms with Gasteiger partial charge >= 0.3 is 26.9 Å². The van der Waals surface area contributed by atoms with Gasteiger partial charge < -0.3 is 0 Å². The Morgan fingerprint density at radius 1 is 2.00 bits per heavy atom. The van der Waals surface area contributed by atoms with Crippen molar-refractivity contribution >= 4 is 17.0 Å². The van der Waals surface area contributed by atoms with Crippen molar-refractivity contribution in [2.24, 2.45) is 0 Å². The molecule has 0 spiro atoms. The van der Waals surface area contributed by atoms with Gasteiger partial charge in [-0.05, 0) is 0 Å². The van der Waals surface area contributed by atoms with Crippen LogP contribution in [0.1, 0.15) is 0 Å². The Kier molecular flexibility index (Phi) is 0.844. The summed E-state index contributed by atoms with van der Waals surface area (Å²) < 4.78 is -0.0259. The topological polar surface area (TPSA) is 26.3 Å². The van der Waals surface area contributed by atoms with Crippen LogP contribution in [0.3, 0.4) is 0 Å². The summed E-state index contributed by atoms with van der Waals surface area (Å²) in [5.41, 5.74) is -0.680. The first kappa shape index (κ1) is 3.76. The third-order valence-corrected chi connectivity index (χ3v) is 2.24. The quantitative estimate of drug-likeness (QED) is 0.607. The van der Waals surface area contributed by atoms with E-state index in [1.807, 2.05) is 0 Å². The number of rotatable bonds is 0. The zero-order chi connectivity index (χ0) is 4.28. The van der Waals surface area contributed by atoms with Gasteiger partial charge in [0.15, 0.2) is 0 Å². The Hall–Kier alpha value is -1.24. The first-order valence-corrected chi connectivity index (χ1v) is 3.88. The molecule has 0 unspecified atom stereocenters. The Morgan fingerprint density at radius 2 is 2.20 bits per heavy atom. The summed E-state index contributed by atoms with van der Waals surface area (Å²) in [6.07, 6.45) is 0. The van der Waals surface area contributed by atoms with Crippen LogP contribution in [0.5, 0.6) is 0 Å². The molecule has 4 heteroatoms. The summed E-state index contributed by atoms with van der Waals surface area (Å²) in [5.74, 6) is 0. The van der Waals surface area contributed by atoms with Gasteiger partial charge in [0.2, 0.25) is 0 Å². The van der Waals surface area contributed by atoms with Gasteiger partial charge in [0.1, 0.15) is 0 Å². The second-order valence-corrected chi connectivity index (χ2v) is 2.00. The molecule has 0 heterocycles. The molecule has 2 nitrogen and oxygen atoms in total. The summed E-state index contributed by atoms with van der Waals surface area (Å²) in [4.78, 5) is 9.41. The molecule has 0 aliphatic rings. The fourth-order valence-electron chi connectivity index (χ4n) is 0. The monoisotopic (exact) mass is 346 g/mol. The molecule has 0 aliphatic heterocycles. The van der Waals surface area contributed by atoms with Gasteiger partial charge in [-0.15, -0.1) is 0 Å². The Balaban J connectivity index is 2.85. The minimum absolute atomic E-state index is 0.0259. The predicted molar refractivity (Wildman–Crippen MR) is 12.3 cm³/mol. The molecular weight excluding hydrogens is 346 g/mol. The molecule has 0 aromatic carbocycles. The molecule has 0 N–H and O–H groups in total. The molecule has 0 bridgehead atoms. The summed E-state index contributed by atoms with van der Waals surface area (Å²) >= 11 is 4.65. The van der Waals surface area contributed by atoms with E-state index in [2.05, 4.69) is 16.7 Å². The second-order valence-electron chi connectivity index (χ2n) is 0.382. The van der Waals surface area contributed by atoms with E-state index in [0.717, 1.165) is 0 Å². The van der Waals surface area contributed by atoms with Gasteiger partial charge in [-0.25, -0.2) is 0 Å². The Labute approximate surface area is 28.0 Å². The first-order valence-electron chi connectivity index (χ1n) is 0.886. The maximum atomic E-state index is 9.41. The van der Waals surface area contributed by atoms with Crippen LogP contribution < -0.4 is 0 Å². The number of halogens is 1. The molecule has 0 atom stereocenters. The Bertz CT molecular complexity index is 44.9. The zero-order valence-electron chi connectivity index (χ0n) is 2.40. The van der Waals surface area contributed by atoms with Crippen LogP contribution in [-0.4, -0.2) is 5.43 Å². The van der Waals surface area contributed by atoms with E-state index in [1.54, 1.807) is 0 Å². The van der Waals surface area contributed by atoms with E-state index < -0.39 is 5.43 Å². The second kappa shape index (κ2) is 1.12. The molecule has 0 saturated heterocycles. The number of hydrogen-bond donors (Lipinski definition) is 0. The molecule has 0 rings (SSSR count). The van der Waals surface area contributed by atoms with Crippen molar-refractivity contribution in [3.05, 3.63) is 0 Å². The minimum atomic E-state index is -0.680. The molecule has 0 aromatic heterocycles. The fraction of sp³-hybridized carbons (Fsp3) is 0.